The number of aryl methyl sites for hydroxylation is 1. The first-order valence-electron chi connectivity index (χ1n) is 10.1. The molecular weight excluding hydrogens is 377 g/mol. The molecule has 28 heavy (non-hydrogen) atoms. The number of halogens is 2. The van der Waals surface area contributed by atoms with Gasteiger partial charge in [0.25, 0.3) is 0 Å². The highest BCUT2D eigenvalue weighted by molar-refractivity contribution is 6.21. The van der Waals surface area contributed by atoms with Crippen LogP contribution in [0.4, 0.5) is 10.2 Å². The quantitative estimate of drug-likeness (QED) is 0.598. The predicted molar refractivity (Wildman–Crippen MR) is 111 cm³/mol. The van der Waals surface area contributed by atoms with Crippen molar-refractivity contribution < 1.29 is 9.18 Å². The van der Waals surface area contributed by atoms with Crippen LogP contribution in [-0.4, -0.2) is 21.3 Å². The Morgan fingerprint density at radius 1 is 1.25 bits per heavy atom. The summed E-state index contributed by atoms with van der Waals surface area (Å²) in [5.41, 5.74) is 2.27. The van der Waals surface area contributed by atoms with E-state index in [0.29, 0.717) is 17.4 Å². The third-order valence-corrected chi connectivity index (χ3v) is 5.38. The minimum Gasteiger partial charge on any atom is -0.309 e. The highest BCUT2D eigenvalue weighted by Crippen LogP contribution is 2.29. The zero-order valence-corrected chi connectivity index (χ0v) is 17.0. The van der Waals surface area contributed by atoms with Crippen LogP contribution in [0.1, 0.15) is 57.6 Å². The zero-order valence-electron chi connectivity index (χ0n) is 16.3. The van der Waals surface area contributed by atoms with Crippen molar-refractivity contribution in [2.75, 3.05) is 5.32 Å². The summed E-state index contributed by atoms with van der Waals surface area (Å²) < 4.78 is 13.2. The van der Waals surface area contributed by atoms with Crippen LogP contribution in [0.25, 0.3) is 11.3 Å². The highest BCUT2D eigenvalue weighted by atomic mass is 35.5. The second-order valence-corrected chi connectivity index (χ2v) is 8.38. The number of rotatable bonds is 7. The van der Waals surface area contributed by atoms with Crippen molar-refractivity contribution in [3.63, 3.8) is 0 Å². The third kappa shape index (κ3) is 5.99. The fourth-order valence-corrected chi connectivity index (χ4v) is 3.86. The molecule has 1 heterocycles. The Morgan fingerprint density at radius 2 is 1.96 bits per heavy atom. The van der Waals surface area contributed by atoms with Gasteiger partial charge in [-0.15, -0.1) is 11.6 Å². The minimum atomic E-state index is -0.284. The fraction of sp³-hybridized carbons (Fsp3) is 0.500. The molecule has 2 aromatic rings. The van der Waals surface area contributed by atoms with Crippen molar-refractivity contribution in [3.8, 4) is 11.3 Å². The van der Waals surface area contributed by atoms with E-state index in [0.717, 1.165) is 24.1 Å². The summed E-state index contributed by atoms with van der Waals surface area (Å²) in [6.45, 7) is 1.79. The molecule has 4 nitrogen and oxygen atoms in total. The molecule has 150 valence electrons. The van der Waals surface area contributed by atoms with Gasteiger partial charge in [0, 0.05) is 17.4 Å². The predicted octanol–water partition coefficient (Wildman–Crippen LogP) is 5.75. The summed E-state index contributed by atoms with van der Waals surface area (Å²) in [5.74, 6) is 0.763. The van der Waals surface area contributed by atoms with Gasteiger partial charge in [0.1, 0.15) is 5.82 Å². The number of anilines is 1. The Hall–Kier alpha value is -2.01. The molecule has 1 fully saturated rings. The van der Waals surface area contributed by atoms with Crippen LogP contribution in [-0.2, 0) is 11.2 Å². The number of carbonyl (C=O) groups excluding carboxylic acids is 1. The monoisotopic (exact) mass is 403 g/mol. The van der Waals surface area contributed by atoms with Gasteiger partial charge in [0.05, 0.1) is 17.6 Å². The maximum atomic E-state index is 13.2. The number of hydrogen-bond donors (Lipinski definition) is 1. The van der Waals surface area contributed by atoms with Crippen molar-refractivity contribution in [2.24, 2.45) is 5.92 Å². The topological polar surface area (TPSA) is 54.9 Å². The van der Waals surface area contributed by atoms with Crippen LogP contribution in [0.3, 0.4) is 0 Å². The van der Waals surface area contributed by atoms with Gasteiger partial charge >= 0.3 is 0 Å². The van der Waals surface area contributed by atoms with Crippen LogP contribution in [0.2, 0.25) is 0 Å². The number of carbonyl (C=O) groups is 1. The number of nitrogens with zero attached hydrogens (tertiary/aromatic N) is 2. The fourth-order valence-electron chi connectivity index (χ4n) is 3.72. The van der Waals surface area contributed by atoms with E-state index in [9.17, 15) is 9.18 Å². The first-order valence-corrected chi connectivity index (χ1v) is 10.5. The molecule has 1 aromatic heterocycles. The lowest BCUT2D eigenvalue weighted by Gasteiger charge is -2.21. The van der Waals surface area contributed by atoms with Crippen LogP contribution < -0.4 is 5.32 Å². The van der Waals surface area contributed by atoms with Crippen molar-refractivity contribution in [3.05, 3.63) is 42.0 Å². The Bertz CT molecular complexity index is 789. The van der Waals surface area contributed by atoms with E-state index >= 15 is 0 Å². The number of benzene rings is 1. The van der Waals surface area contributed by atoms with E-state index in [1.54, 1.807) is 25.3 Å². The van der Waals surface area contributed by atoms with E-state index in [2.05, 4.69) is 10.3 Å². The molecule has 0 spiro atoms. The smallest absolute Gasteiger partial charge is 0.227 e. The molecule has 1 aliphatic rings. The molecule has 3 rings (SSSR count). The van der Waals surface area contributed by atoms with Gasteiger partial charge in [-0.25, -0.2) is 14.4 Å². The van der Waals surface area contributed by atoms with Crippen molar-refractivity contribution in [1.29, 1.82) is 0 Å². The molecule has 1 aliphatic carbocycles. The molecule has 1 amide bonds. The molecule has 1 unspecified atom stereocenters. The Morgan fingerprint density at radius 3 is 2.64 bits per heavy atom. The van der Waals surface area contributed by atoms with Gasteiger partial charge in [-0.05, 0) is 49.9 Å². The number of alkyl halides is 1. The maximum absolute atomic E-state index is 13.2. The number of amides is 1. The van der Waals surface area contributed by atoms with Crippen LogP contribution in [0, 0.1) is 11.7 Å². The normalized spacial score (nSPS) is 16.0. The molecule has 1 aromatic carbocycles. The summed E-state index contributed by atoms with van der Waals surface area (Å²) in [5, 5.41) is 2.62. The summed E-state index contributed by atoms with van der Waals surface area (Å²) in [6, 6.07) is 6.21. The molecule has 6 heteroatoms. The van der Waals surface area contributed by atoms with Crippen molar-refractivity contribution in [2.45, 2.75) is 63.7 Å². The van der Waals surface area contributed by atoms with Gasteiger partial charge < -0.3 is 5.32 Å². The molecule has 0 radical (unpaired) electrons. The zero-order chi connectivity index (χ0) is 19.9. The number of hydrogen-bond acceptors (Lipinski definition) is 3. The number of nitrogens with one attached hydrogen (secondary N) is 1. The van der Waals surface area contributed by atoms with Crippen molar-refractivity contribution in [1.82, 2.24) is 9.97 Å². The van der Waals surface area contributed by atoms with E-state index in [4.69, 9.17) is 16.6 Å². The second-order valence-electron chi connectivity index (χ2n) is 7.63. The molecular formula is C22H27ClFN3O. The molecule has 0 aliphatic heterocycles. The average Bonchev–Trinajstić information content (AvgIpc) is 2.68. The molecule has 1 atom stereocenters. The third-order valence-electron chi connectivity index (χ3n) is 5.22. The van der Waals surface area contributed by atoms with Crippen LogP contribution in [0.15, 0.2) is 30.5 Å². The van der Waals surface area contributed by atoms with E-state index in [1.807, 2.05) is 0 Å². The van der Waals surface area contributed by atoms with E-state index in [1.165, 1.54) is 44.2 Å². The van der Waals surface area contributed by atoms with Gasteiger partial charge in [0.2, 0.25) is 5.91 Å². The Kier molecular flexibility index (Phi) is 7.37. The molecule has 1 N–H and O–H groups in total. The minimum absolute atomic E-state index is 0.162. The first-order chi connectivity index (χ1) is 13.5. The van der Waals surface area contributed by atoms with Gasteiger partial charge in [-0.3, -0.25) is 4.79 Å². The maximum Gasteiger partial charge on any atom is 0.227 e. The summed E-state index contributed by atoms with van der Waals surface area (Å²) in [4.78, 5) is 21.4. The lowest BCUT2D eigenvalue weighted by Crippen LogP contribution is -2.18. The Labute approximate surface area is 170 Å². The van der Waals surface area contributed by atoms with Gasteiger partial charge in [-0.1, -0.05) is 32.1 Å². The van der Waals surface area contributed by atoms with E-state index in [-0.39, 0.29) is 23.5 Å². The Balaban J connectivity index is 1.80. The first kappa shape index (κ1) is 20.7. The number of aromatic nitrogens is 2. The van der Waals surface area contributed by atoms with E-state index < -0.39 is 0 Å². The standard InChI is InChI=1S/C22H27ClFN3O/c1-15(23)13-21(28)27-22-19(12-7-16-5-3-2-4-6-16)26-20(14-25-22)17-8-10-18(24)11-9-17/h8-11,14-16H,2-7,12-13H2,1H3,(H,25,27,28). The summed E-state index contributed by atoms with van der Waals surface area (Å²) in [6.07, 6.45) is 10.1. The van der Waals surface area contributed by atoms with Gasteiger partial charge in [-0.2, -0.15) is 0 Å². The molecule has 0 saturated heterocycles. The van der Waals surface area contributed by atoms with Gasteiger partial charge in [0.15, 0.2) is 5.82 Å². The largest absolute Gasteiger partial charge is 0.309 e. The lowest BCUT2D eigenvalue weighted by molar-refractivity contribution is -0.116. The van der Waals surface area contributed by atoms with Crippen LogP contribution in [0.5, 0.6) is 0 Å². The molecule has 1 saturated carbocycles. The lowest BCUT2D eigenvalue weighted by atomic mass is 9.86. The SMILES string of the molecule is CC(Cl)CC(=O)Nc1ncc(-c2ccc(F)cc2)nc1CCC1CCCCC1. The summed E-state index contributed by atoms with van der Waals surface area (Å²) in [7, 11) is 0. The van der Waals surface area contributed by atoms with Crippen molar-refractivity contribution >= 4 is 23.3 Å². The summed E-state index contributed by atoms with van der Waals surface area (Å²) >= 11 is 5.93. The average molecular weight is 404 g/mol. The second kappa shape index (κ2) is 9.97. The van der Waals surface area contributed by atoms with Crippen LogP contribution >= 0.6 is 11.6 Å². The molecule has 0 bridgehead atoms. The highest BCUT2D eigenvalue weighted by Gasteiger charge is 2.17.